The molecule has 2 N–H and O–H groups in total. The Balaban J connectivity index is 1.60. The predicted molar refractivity (Wildman–Crippen MR) is 90.8 cm³/mol. The van der Waals surface area contributed by atoms with E-state index in [2.05, 4.69) is 10.3 Å². The zero-order valence-corrected chi connectivity index (χ0v) is 13.8. The second-order valence-corrected chi connectivity index (χ2v) is 7.16. The van der Waals surface area contributed by atoms with Crippen molar-refractivity contribution < 1.29 is 17.6 Å². The molecule has 1 heterocycles. The monoisotopic (exact) mass is 363 g/mol. The van der Waals surface area contributed by atoms with Crippen molar-refractivity contribution >= 4 is 12.2 Å². The number of aliphatic imine (C=N–C) groups is 1. The molecule has 1 unspecified atom stereocenters. The normalized spacial score (nSPS) is 24.8. The van der Waals surface area contributed by atoms with Crippen molar-refractivity contribution in [3.63, 3.8) is 0 Å². The van der Waals surface area contributed by atoms with Crippen LogP contribution in [0.5, 0.6) is 0 Å². The van der Waals surface area contributed by atoms with Crippen molar-refractivity contribution in [1.82, 2.24) is 5.32 Å². The van der Waals surface area contributed by atoms with E-state index in [0.29, 0.717) is 5.82 Å². The maximum atomic E-state index is 12.8. The molecule has 7 heteroatoms. The first kappa shape index (κ1) is 17.0. The zero-order valence-electron chi connectivity index (χ0n) is 13.8. The van der Waals surface area contributed by atoms with Crippen molar-refractivity contribution in [1.29, 1.82) is 5.41 Å². The maximum absolute atomic E-state index is 12.8. The van der Waals surface area contributed by atoms with E-state index in [1.807, 2.05) is 0 Å². The van der Waals surface area contributed by atoms with Gasteiger partial charge in [-0.25, -0.2) is 4.99 Å². The molecule has 1 spiro atoms. The van der Waals surface area contributed by atoms with Gasteiger partial charge in [0.2, 0.25) is 5.97 Å². The number of benzene rings is 1. The average Bonchev–Trinajstić information content (AvgIpc) is 3.25. The molecule has 1 saturated carbocycles. The fourth-order valence-electron chi connectivity index (χ4n) is 3.94. The predicted octanol–water partition coefficient (Wildman–Crippen LogP) is 4.78. The van der Waals surface area contributed by atoms with E-state index >= 15 is 0 Å². The molecule has 26 heavy (non-hydrogen) atoms. The number of alkyl halides is 3. The van der Waals surface area contributed by atoms with Gasteiger partial charge in [0, 0.05) is 29.3 Å². The maximum Gasteiger partial charge on any atom is 0.393 e. The SMILES string of the molecule is N=C(F)/C=C1/N=CC2=C(N1)C1(CC1)CC2c1ccc(CC(F)(F)F)cc1. The lowest BCUT2D eigenvalue weighted by atomic mass is 9.90. The summed E-state index contributed by atoms with van der Waals surface area (Å²) in [6.07, 6.45) is 0.510. The quantitative estimate of drug-likeness (QED) is 0.590. The van der Waals surface area contributed by atoms with Crippen LogP contribution in [0.3, 0.4) is 0 Å². The molecule has 0 aromatic heterocycles. The third-order valence-corrected chi connectivity index (χ3v) is 5.29. The fourth-order valence-corrected chi connectivity index (χ4v) is 3.94. The smallest absolute Gasteiger partial charge is 0.343 e. The summed E-state index contributed by atoms with van der Waals surface area (Å²) in [6, 6.07) is 6.58. The number of rotatable bonds is 3. The Morgan fingerprint density at radius 2 is 1.96 bits per heavy atom. The van der Waals surface area contributed by atoms with Crippen LogP contribution in [0.4, 0.5) is 17.6 Å². The minimum absolute atomic E-state index is 0.0225. The average molecular weight is 363 g/mol. The van der Waals surface area contributed by atoms with Crippen molar-refractivity contribution in [2.75, 3.05) is 0 Å². The molecule has 1 aromatic rings. The molecule has 0 saturated heterocycles. The van der Waals surface area contributed by atoms with Crippen LogP contribution in [0.25, 0.3) is 0 Å². The number of nitrogens with one attached hydrogen (secondary N) is 2. The van der Waals surface area contributed by atoms with Gasteiger partial charge in [0.1, 0.15) is 5.82 Å². The highest BCUT2D eigenvalue weighted by Gasteiger charge is 2.54. The summed E-state index contributed by atoms with van der Waals surface area (Å²) in [7, 11) is 0. The van der Waals surface area contributed by atoms with E-state index in [9.17, 15) is 17.6 Å². The van der Waals surface area contributed by atoms with E-state index in [-0.39, 0.29) is 16.9 Å². The molecule has 0 amide bonds. The highest BCUT2D eigenvalue weighted by Crippen LogP contribution is 2.64. The van der Waals surface area contributed by atoms with Crippen LogP contribution in [0.1, 0.15) is 36.3 Å². The summed E-state index contributed by atoms with van der Waals surface area (Å²) in [4.78, 5) is 4.18. The molecule has 3 nitrogen and oxygen atoms in total. The van der Waals surface area contributed by atoms with Gasteiger partial charge in [0.05, 0.1) is 6.42 Å². The number of hydrogen-bond donors (Lipinski definition) is 2. The van der Waals surface area contributed by atoms with Gasteiger partial charge in [-0.1, -0.05) is 24.3 Å². The van der Waals surface area contributed by atoms with Gasteiger partial charge in [0.25, 0.3) is 0 Å². The van der Waals surface area contributed by atoms with Crippen LogP contribution in [0.15, 0.2) is 52.4 Å². The topological polar surface area (TPSA) is 48.2 Å². The molecule has 0 bridgehead atoms. The second-order valence-electron chi connectivity index (χ2n) is 7.16. The largest absolute Gasteiger partial charge is 0.393 e. The first-order chi connectivity index (χ1) is 12.3. The van der Waals surface area contributed by atoms with Crippen LogP contribution in [0, 0.1) is 10.8 Å². The number of halogens is 4. The van der Waals surface area contributed by atoms with Crippen LogP contribution in [-0.4, -0.2) is 18.4 Å². The van der Waals surface area contributed by atoms with Crippen molar-refractivity contribution in [3.8, 4) is 0 Å². The summed E-state index contributed by atoms with van der Waals surface area (Å²) >= 11 is 0. The molecule has 1 fully saturated rings. The zero-order chi connectivity index (χ0) is 18.5. The number of allylic oxidation sites excluding steroid dienone is 3. The van der Waals surface area contributed by atoms with Gasteiger partial charge < -0.3 is 5.32 Å². The Morgan fingerprint density at radius 1 is 1.27 bits per heavy atom. The second kappa shape index (κ2) is 5.79. The highest BCUT2D eigenvalue weighted by atomic mass is 19.4. The van der Waals surface area contributed by atoms with E-state index in [1.54, 1.807) is 18.3 Å². The molecule has 1 aliphatic heterocycles. The summed E-state index contributed by atoms with van der Waals surface area (Å²) in [5.41, 5.74) is 3.26. The van der Waals surface area contributed by atoms with Gasteiger partial charge in [-0.2, -0.15) is 17.6 Å². The summed E-state index contributed by atoms with van der Waals surface area (Å²) in [5, 5.41) is 10.1. The lowest BCUT2D eigenvalue weighted by Gasteiger charge is -2.19. The molecule has 1 atom stereocenters. The molecular weight excluding hydrogens is 346 g/mol. The van der Waals surface area contributed by atoms with Gasteiger partial charge in [0.15, 0.2) is 0 Å². The minimum Gasteiger partial charge on any atom is -0.343 e. The van der Waals surface area contributed by atoms with E-state index < -0.39 is 18.6 Å². The molecular formula is C19H17F4N3. The van der Waals surface area contributed by atoms with Crippen LogP contribution >= 0.6 is 0 Å². The molecule has 2 aliphatic carbocycles. The Hall–Kier alpha value is -2.44. The van der Waals surface area contributed by atoms with Crippen LogP contribution < -0.4 is 5.32 Å². The van der Waals surface area contributed by atoms with E-state index in [0.717, 1.165) is 42.2 Å². The van der Waals surface area contributed by atoms with Crippen LogP contribution in [-0.2, 0) is 6.42 Å². The highest BCUT2D eigenvalue weighted by molar-refractivity contribution is 5.89. The Labute approximate surface area is 148 Å². The number of hydrogen-bond acceptors (Lipinski definition) is 3. The molecule has 3 aliphatic rings. The summed E-state index contributed by atoms with van der Waals surface area (Å²) in [5.74, 6) is -0.688. The first-order valence-corrected chi connectivity index (χ1v) is 8.43. The van der Waals surface area contributed by atoms with Crippen molar-refractivity contribution in [2.24, 2.45) is 10.4 Å². The summed E-state index contributed by atoms with van der Waals surface area (Å²) in [6.45, 7) is 0. The third-order valence-electron chi connectivity index (χ3n) is 5.29. The van der Waals surface area contributed by atoms with E-state index in [1.165, 1.54) is 12.1 Å². The van der Waals surface area contributed by atoms with Crippen LogP contribution in [0.2, 0.25) is 0 Å². The van der Waals surface area contributed by atoms with Gasteiger partial charge in [-0.05, 0) is 36.0 Å². The number of nitrogens with zero attached hydrogens (tertiary/aromatic N) is 1. The lowest BCUT2D eigenvalue weighted by molar-refractivity contribution is -0.127. The van der Waals surface area contributed by atoms with Gasteiger partial charge in [-0.3, -0.25) is 5.41 Å². The molecule has 1 aromatic carbocycles. The standard InChI is InChI=1S/C19H17F4N3/c20-15(24)7-16-25-10-14-13(9-18(5-6-18)17(14)26-16)12-3-1-11(2-4-12)8-19(21,22)23/h1-4,7,10,13,24,26H,5-6,8-9H2/b16-7-,24-15?. The molecule has 4 rings (SSSR count). The summed E-state index contributed by atoms with van der Waals surface area (Å²) < 4.78 is 50.4. The van der Waals surface area contributed by atoms with Crippen molar-refractivity contribution in [3.05, 3.63) is 58.6 Å². The lowest BCUT2D eigenvalue weighted by Crippen LogP contribution is -2.22. The number of fused-ring (bicyclic) bond motifs is 1. The Bertz CT molecular complexity index is 843. The Kier molecular flexibility index (Phi) is 3.78. The molecule has 0 radical (unpaired) electrons. The Morgan fingerprint density at radius 3 is 2.54 bits per heavy atom. The molecule has 136 valence electrons. The first-order valence-electron chi connectivity index (χ1n) is 8.43. The third kappa shape index (κ3) is 3.18. The van der Waals surface area contributed by atoms with Gasteiger partial charge in [-0.15, -0.1) is 0 Å². The van der Waals surface area contributed by atoms with Gasteiger partial charge >= 0.3 is 6.18 Å². The van der Waals surface area contributed by atoms with E-state index in [4.69, 9.17) is 5.41 Å². The fraction of sp³-hybridized carbons (Fsp3) is 0.368. The minimum atomic E-state index is -4.21. The van der Waals surface area contributed by atoms with Crippen molar-refractivity contribution in [2.45, 2.75) is 37.8 Å².